The van der Waals surface area contributed by atoms with Crippen LogP contribution in [0.5, 0.6) is 11.5 Å². The summed E-state index contributed by atoms with van der Waals surface area (Å²) in [4.78, 5) is 30.1. The van der Waals surface area contributed by atoms with Crippen LogP contribution >= 0.6 is 0 Å². The first-order chi connectivity index (χ1) is 24.0. The van der Waals surface area contributed by atoms with E-state index in [4.69, 9.17) is 4.74 Å². The van der Waals surface area contributed by atoms with Crippen LogP contribution in [-0.2, 0) is 32.6 Å². The Morgan fingerprint density at radius 1 is 0.680 bits per heavy atom. The summed E-state index contributed by atoms with van der Waals surface area (Å²) in [5.41, 5.74) is 3.92. The molecule has 0 heterocycles. The number of carbonyl (C=O) groups excluding carboxylic acids is 2. The minimum Gasteiger partial charge on any atom is -0.457 e. The van der Waals surface area contributed by atoms with Gasteiger partial charge in [0.1, 0.15) is 24.1 Å². The second kappa shape index (κ2) is 16.3. The number of para-hydroxylation sites is 1. The highest BCUT2D eigenvalue weighted by atomic mass is 32.2. The molecule has 8 nitrogen and oxygen atoms in total. The molecule has 9 heteroatoms. The van der Waals surface area contributed by atoms with Gasteiger partial charge in [0.05, 0.1) is 10.6 Å². The minimum absolute atomic E-state index is 0.0454. The van der Waals surface area contributed by atoms with Crippen LogP contribution < -0.4 is 14.4 Å². The molecule has 0 aliphatic rings. The summed E-state index contributed by atoms with van der Waals surface area (Å²) < 4.78 is 35.8. The molecule has 5 rings (SSSR count). The van der Waals surface area contributed by atoms with Gasteiger partial charge in [0.15, 0.2) is 0 Å². The number of carbonyl (C=O) groups is 2. The number of rotatable bonds is 14. The molecule has 5 aromatic carbocycles. The van der Waals surface area contributed by atoms with Crippen molar-refractivity contribution in [3.05, 3.63) is 156 Å². The number of benzene rings is 5. The summed E-state index contributed by atoms with van der Waals surface area (Å²) in [5.74, 6) is 0.300. The second-order valence-electron chi connectivity index (χ2n) is 12.6. The predicted octanol–water partition coefficient (Wildman–Crippen LogP) is 7.46. The average Bonchev–Trinajstić information content (AvgIpc) is 3.10. The molecule has 0 unspecified atom stereocenters. The third-order valence-corrected chi connectivity index (χ3v) is 9.96. The Kier molecular flexibility index (Phi) is 11.7. The molecule has 0 saturated heterocycles. The first kappa shape index (κ1) is 35.9. The van der Waals surface area contributed by atoms with Crippen molar-refractivity contribution in [2.45, 2.75) is 57.6 Å². The molecule has 258 valence electrons. The van der Waals surface area contributed by atoms with Crippen LogP contribution in [0.2, 0.25) is 0 Å². The van der Waals surface area contributed by atoms with Crippen molar-refractivity contribution in [2.24, 2.45) is 0 Å². The lowest BCUT2D eigenvalue weighted by atomic mass is 10.0. The number of ether oxygens (including phenoxy) is 1. The third kappa shape index (κ3) is 9.39. The normalized spacial score (nSPS) is 11.9. The van der Waals surface area contributed by atoms with Gasteiger partial charge >= 0.3 is 0 Å². The molecular formula is C41H43N3O5S. The maximum Gasteiger partial charge on any atom is 0.264 e. The van der Waals surface area contributed by atoms with E-state index in [1.807, 2.05) is 113 Å². The standard InChI is InChI=1S/C41H43N3O5S/c1-30(2)42-41(46)39(27-33-11-7-5-8-12-33)43(28-34-19-15-31(3)16-20-34)40(45)29-44(50(47,48)38-25-17-32(4)18-26-38)35-21-23-37(24-22-35)49-36-13-9-6-10-14-36/h5-26,30,39H,27-29H2,1-4H3,(H,42,46)/t39-/m1/s1. The maximum atomic E-state index is 14.7. The van der Waals surface area contributed by atoms with E-state index < -0.39 is 28.5 Å². The zero-order valence-electron chi connectivity index (χ0n) is 28.8. The quantitative estimate of drug-likeness (QED) is 0.131. The van der Waals surface area contributed by atoms with Gasteiger partial charge < -0.3 is 15.0 Å². The summed E-state index contributed by atoms with van der Waals surface area (Å²) in [7, 11) is -4.23. The van der Waals surface area contributed by atoms with E-state index in [-0.39, 0.29) is 35.5 Å². The zero-order valence-corrected chi connectivity index (χ0v) is 29.6. The summed E-state index contributed by atoms with van der Waals surface area (Å²) in [6.45, 7) is 7.15. The Morgan fingerprint density at radius 2 is 1.22 bits per heavy atom. The third-order valence-electron chi connectivity index (χ3n) is 8.17. The first-order valence-electron chi connectivity index (χ1n) is 16.6. The summed E-state index contributed by atoms with van der Waals surface area (Å²) in [6, 6.07) is 38.5. The summed E-state index contributed by atoms with van der Waals surface area (Å²) in [6.07, 6.45) is 0.243. The van der Waals surface area contributed by atoms with Gasteiger partial charge in [-0.25, -0.2) is 8.42 Å². The van der Waals surface area contributed by atoms with Gasteiger partial charge in [0.25, 0.3) is 10.0 Å². The zero-order chi connectivity index (χ0) is 35.7. The van der Waals surface area contributed by atoms with Gasteiger partial charge in [-0.05, 0) is 87.4 Å². The van der Waals surface area contributed by atoms with Gasteiger partial charge in [-0.2, -0.15) is 0 Å². The molecular weight excluding hydrogens is 647 g/mol. The number of amides is 2. The minimum atomic E-state index is -4.23. The first-order valence-corrected chi connectivity index (χ1v) is 18.1. The topological polar surface area (TPSA) is 96.0 Å². The summed E-state index contributed by atoms with van der Waals surface area (Å²) >= 11 is 0. The molecule has 0 aliphatic heterocycles. The van der Waals surface area contributed by atoms with Crippen molar-refractivity contribution >= 4 is 27.5 Å². The van der Waals surface area contributed by atoms with Crippen molar-refractivity contribution < 1.29 is 22.7 Å². The number of anilines is 1. The van der Waals surface area contributed by atoms with Gasteiger partial charge in [-0.1, -0.05) is 96.1 Å². The fraction of sp³-hybridized carbons (Fsp3) is 0.220. The lowest BCUT2D eigenvalue weighted by Crippen LogP contribution is -2.54. The Balaban J connectivity index is 1.55. The van der Waals surface area contributed by atoms with E-state index in [0.717, 1.165) is 26.6 Å². The molecule has 0 radical (unpaired) electrons. The monoisotopic (exact) mass is 689 g/mol. The number of nitrogens with zero attached hydrogens (tertiary/aromatic N) is 2. The average molecular weight is 690 g/mol. The molecule has 0 aliphatic carbocycles. The van der Waals surface area contributed by atoms with E-state index in [9.17, 15) is 18.0 Å². The molecule has 0 fully saturated rings. The molecule has 50 heavy (non-hydrogen) atoms. The Hall–Kier alpha value is -5.41. The van der Waals surface area contributed by atoms with Crippen molar-refractivity contribution in [1.29, 1.82) is 0 Å². The molecule has 1 N–H and O–H groups in total. The number of nitrogens with one attached hydrogen (secondary N) is 1. The number of hydrogen-bond donors (Lipinski definition) is 1. The van der Waals surface area contributed by atoms with E-state index in [2.05, 4.69) is 5.32 Å². The van der Waals surface area contributed by atoms with Gasteiger partial charge in [-0.3, -0.25) is 13.9 Å². The van der Waals surface area contributed by atoms with Crippen molar-refractivity contribution in [3.8, 4) is 11.5 Å². The molecule has 0 bridgehead atoms. The van der Waals surface area contributed by atoms with Gasteiger partial charge in [0.2, 0.25) is 11.8 Å². The number of hydrogen-bond acceptors (Lipinski definition) is 5. The van der Waals surface area contributed by atoms with Crippen molar-refractivity contribution in [2.75, 3.05) is 10.8 Å². The van der Waals surface area contributed by atoms with Crippen LogP contribution in [0.4, 0.5) is 5.69 Å². The SMILES string of the molecule is Cc1ccc(CN(C(=O)CN(c2ccc(Oc3ccccc3)cc2)S(=O)(=O)c2ccc(C)cc2)[C@H](Cc2ccccc2)C(=O)NC(C)C)cc1. The van der Waals surface area contributed by atoms with Gasteiger partial charge in [0, 0.05) is 19.0 Å². The smallest absolute Gasteiger partial charge is 0.264 e. The molecule has 0 aromatic heterocycles. The second-order valence-corrected chi connectivity index (χ2v) is 14.5. The van der Waals surface area contributed by atoms with E-state index >= 15 is 0 Å². The predicted molar refractivity (Wildman–Crippen MR) is 198 cm³/mol. The molecule has 0 spiro atoms. The molecule has 5 aromatic rings. The van der Waals surface area contributed by atoms with Crippen LogP contribution in [0.1, 0.15) is 36.1 Å². The van der Waals surface area contributed by atoms with Crippen molar-refractivity contribution in [1.82, 2.24) is 10.2 Å². The number of aryl methyl sites for hydroxylation is 2. The van der Waals surface area contributed by atoms with E-state index in [1.54, 1.807) is 36.4 Å². The van der Waals surface area contributed by atoms with Crippen LogP contribution in [0.15, 0.2) is 138 Å². The van der Waals surface area contributed by atoms with Gasteiger partial charge in [-0.15, -0.1) is 0 Å². The lowest BCUT2D eigenvalue weighted by Gasteiger charge is -2.34. The molecule has 1 atom stereocenters. The van der Waals surface area contributed by atoms with Crippen LogP contribution in [0.25, 0.3) is 0 Å². The fourth-order valence-electron chi connectivity index (χ4n) is 5.50. The van der Waals surface area contributed by atoms with Crippen molar-refractivity contribution in [3.63, 3.8) is 0 Å². The molecule has 2 amide bonds. The van der Waals surface area contributed by atoms with Crippen LogP contribution in [-0.4, -0.2) is 43.8 Å². The lowest BCUT2D eigenvalue weighted by molar-refractivity contribution is -0.140. The highest BCUT2D eigenvalue weighted by Gasteiger charge is 2.35. The Bertz CT molecular complexity index is 1970. The van der Waals surface area contributed by atoms with E-state index in [1.165, 1.54) is 17.0 Å². The molecule has 0 saturated carbocycles. The van der Waals surface area contributed by atoms with Crippen LogP contribution in [0.3, 0.4) is 0 Å². The van der Waals surface area contributed by atoms with E-state index in [0.29, 0.717) is 11.5 Å². The summed E-state index contributed by atoms with van der Waals surface area (Å²) in [5, 5.41) is 2.99. The van der Waals surface area contributed by atoms with Crippen LogP contribution in [0, 0.1) is 13.8 Å². The Morgan fingerprint density at radius 3 is 1.80 bits per heavy atom. The number of sulfonamides is 1. The highest BCUT2D eigenvalue weighted by molar-refractivity contribution is 7.92. The maximum absolute atomic E-state index is 14.7. The fourth-order valence-corrected chi connectivity index (χ4v) is 6.91. The Labute approximate surface area is 295 Å². The highest BCUT2D eigenvalue weighted by Crippen LogP contribution is 2.29. The largest absolute Gasteiger partial charge is 0.457 e.